The zero-order valence-electron chi connectivity index (χ0n) is 9.31. The van der Waals surface area contributed by atoms with Crippen LogP contribution in [0.3, 0.4) is 0 Å². The van der Waals surface area contributed by atoms with E-state index in [2.05, 4.69) is 33.0 Å². The van der Waals surface area contributed by atoms with Gasteiger partial charge in [-0.15, -0.1) is 0 Å². The molecular weight excluding hydrogens is 166 g/mol. The van der Waals surface area contributed by atoms with Crippen molar-refractivity contribution in [3.63, 3.8) is 0 Å². The van der Waals surface area contributed by atoms with Crippen LogP contribution in [0.15, 0.2) is 0 Å². The summed E-state index contributed by atoms with van der Waals surface area (Å²) in [4.78, 5) is 11.1. The summed E-state index contributed by atoms with van der Waals surface area (Å²) in [5.41, 5.74) is 0.142. The first-order chi connectivity index (χ1) is 5.90. The molecule has 0 aromatic carbocycles. The van der Waals surface area contributed by atoms with Crippen LogP contribution in [0.25, 0.3) is 0 Å². The molecule has 1 amide bonds. The van der Waals surface area contributed by atoms with E-state index < -0.39 is 0 Å². The average molecular weight is 187 g/mol. The number of nitrogens with one attached hydrogen (secondary N) is 1. The van der Waals surface area contributed by atoms with E-state index in [4.69, 9.17) is 4.74 Å². The van der Waals surface area contributed by atoms with Crippen molar-refractivity contribution in [2.24, 2.45) is 11.3 Å². The molecule has 0 saturated carbocycles. The third-order valence-electron chi connectivity index (χ3n) is 2.58. The van der Waals surface area contributed by atoms with Crippen LogP contribution in [0.5, 0.6) is 0 Å². The first-order valence-corrected chi connectivity index (χ1v) is 4.66. The van der Waals surface area contributed by atoms with Gasteiger partial charge >= 0.3 is 0 Å². The van der Waals surface area contributed by atoms with Crippen molar-refractivity contribution in [1.82, 2.24) is 5.32 Å². The van der Waals surface area contributed by atoms with Crippen LogP contribution in [-0.4, -0.2) is 26.2 Å². The zero-order valence-corrected chi connectivity index (χ0v) is 9.31. The Morgan fingerprint density at radius 3 is 2.38 bits per heavy atom. The van der Waals surface area contributed by atoms with Gasteiger partial charge in [0.05, 0.1) is 0 Å². The number of hydrogen-bond acceptors (Lipinski definition) is 2. The summed E-state index contributed by atoms with van der Waals surface area (Å²) in [7, 11) is 1.52. The molecule has 0 rings (SSSR count). The first kappa shape index (κ1) is 12.4. The van der Waals surface area contributed by atoms with E-state index in [1.54, 1.807) is 0 Å². The van der Waals surface area contributed by atoms with Gasteiger partial charge in [0.1, 0.15) is 6.61 Å². The maximum absolute atomic E-state index is 11.1. The normalized spacial score (nSPS) is 11.8. The predicted octanol–water partition coefficient (Wildman–Crippen LogP) is 1.43. The average Bonchev–Trinajstić information content (AvgIpc) is 2.01. The van der Waals surface area contributed by atoms with Gasteiger partial charge < -0.3 is 10.1 Å². The molecule has 3 heteroatoms. The molecule has 0 aromatic rings. The van der Waals surface area contributed by atoms with Crippen molar-refractivity contribution >= 4 is 5.91 Å². The molecule has 0 saturated heterocycles. The Hall–Kier alpha value is -0.570. The lowest BCUT2D eigenvalue weighted by atomic mass is 9.81. The molecule has 0 aliphatic carbocycles. The molecule has 3 nitrogen and oxygen atoms in total. The third kappa shape index (κ3) is 4.88. The fourth-order valence-corrected chi connectivity index (χ4v) is 0.713. The fourth-order valence-electron chi connectivity index (χ4n) is 0.713. The van der Waals surface area contributed by atoms with E-state index in [0.29, 0.717) is 12.5 Å². The van der Waals surface area contributed by atoms with Gasteiger partial charge in [0.2, 0.25) is 5.91 Å². The Morgan fingerprint density at radius 2 is 2.00 bits per heavy atom. The van der Waals surface area contributed by atoms with E-state index in [1.165, 1.54) is 7.11 Å². The Kier molecular flexibility index (Phi) is 4.99. The van der Waals surface area contributed by atoms with Crippen molar-refractivity contribution in [3.8, 4) is 0 Å². The Morgan fingerprint density at radius 1 is 1.46 bits per heavy atom. The highest BCUT2D eigenvalue weighted by Gasteiger charge is 2.22. The first-order valence-electron chi connectivity index (χ1n) is 4.66. The molecule has 0 aliphatic heterocycles. The summed E-state index contributed by atoms with van der Waals surface area (Å²) in [5.74, 6) is 0.506. The van der Waals surface area contributed by atoms with E-state index >= 15 is 0 Å². The largest absolute Gasteiger partial charge is 0.375 e. The summed E-state index contributed by atoms with van der Waals surface area (Å²) in [6.45, 7) is 9.45. The Bertz CT molecular complexity index is 164. The standard InChI is InChI=1S/C10H21NO2/c1-8(2)10(3,4)7-11-9(12)6-13-5/h8H,6-7H2,1-5H3,(H,11,12). The summed E-state index contributed by atoms with van der Waals surface area (Å²) in [6.07, 6.45) is 0. The van der Waals surface area contributed by atoms with Crippen molar-refractivity contribution in [2.75, 3.05) is 20.3 Å². The van der Waals surface area contributed by atoms with Gasteiger partial charge in [-0.3, -0.25) is 4.79 Å². The second-order valence-electron chi connectivity index (χ2n) is 4.35. The summed E-state index contributed by atoms with van der Waals surface area (Å²) in [6, 6.07) is 0. The smallest absolute Gasteiger partial charge is 0.246 e. The number of methoxy groups -OCH3 is 1. The molecule has 0 spiro atoms. The van der Waals surface area contributed by atoms with Gasteiger partial charge in [-0.05, 0) is 11.3 Å². The number of carbonyl (C=O) groups is 1. The Labute approximate surface area is 80.8 Å². The number of carbonyl (C=O) groups excluding carboxylic acids is 1. The highest BCUT2D eigenvalue weighted by atomic mass is 16.5. The molecule has 0 atom stereocenters. The molecule has 13 heavy (non-hydrogen) atoms. The molecule has 0 fully saturated rings. The summed E-state index contributed by atoms with van der Waals surface area (Å²) >= 11 is 0. The lowest BCUT2D eigenvalue weighted by molar-refractivity contribution is -0.125. The molecule has 1 N–H and O–H groups in total. The van der Waals surface area contributed by atoms with Crippen LogP contribution in [0.2, 0.25) is 0 Å². The van der Waals surface area contributed by atoms with Crippen molar-refractivity contribution in [1.29, 1.82) is 0 Å². The molecule has 0 heterocycles. The number of hydrogen-bond donors (Lipinski definition) is 1. The lowest BCUT2D eigenvalue weighted by Gasteiger charge is -2.29. The fraction of sp³-hybridized carbons (Fsp3) is 0.900. The monoisotopic (exact) mass is 187 g/mol. The highest BCUT2D eigenvalue weighted by Crippen LogP contribution is 2.24. The minimum absolute atomic E-state index is 0.0452. The molecule has 0 bridgehead atoms. The van der Waals surface area contributed by atoms with Crippen molar-refractivity contribution in [2.45, 2.75) is 27.7 Å². The van der Waals surface area contributed by atoms with Crippen LogP contribution >= 0.6 is 0 Å². The number of amides is 1. The van der Waals surface area contributed by atoms with Crippen molar-refractivity contribution < 1.29 is 9.53 Å². The maximum atomic E-state index is 11.1. The molecule has 0 aliphatic rings. The minimum atomic E-state index is -0.0452. The van der Waals surface area contributed by atoms with Crippen LogP contribution in [0.1, 0.15) is 27.7 Å². The van der Waals surface area contributed by atoms with Crippen LogP contribution in [0, 0.1) is 11.3 Å². The van der Waals surface area contributed by atoms with Gasteiger partial charge in [-0.25, -0.2) is 0 Å². The lowest BCUT2D eigenvalue weighted by Crippen LogP contribution is -2.38. The van der Waals surface area contributed by atoms with Gasteiger partial charge in [0.25, 0.3) is 0 Å². The van der Waals surface area contributed by atoms with E-state index in [-0.39, 0.29) is 17.9 Å². The van der Waals surface area contributed by atoms with Crippen LogP contribution in [0.4, 0.5) is 0 Å². The quantitative estimate of drug-likeness (QED) is 0.707. The van der Waals surface area contributed by atoms with Gasteiger partial charge in [-0.2, -0.15) is 0 Å². The predicted molar refractivity (Wildman–Crippen MR) is 53.5 cm³/mol. The van der Waals surface area contributed by atoms with E-state index in [1.807, 2.05) is 0 Å². The van der Waals surface area contributed by atoms with Crippen LogP contribution in [-0.2, 0) is 9.53 Å². The molecule has 0 radical (unpaired) electrons. The van der Waals surface area contributed by atoms with Crippen molar-refractivity contribution in [3.05, 3.63) is 0 Å². The zero-order chi connectivity index (χ0) is 10.5. The third-order valence-corrected chi connectivity index (χ3v) is 2.58. The molecule has 0 aromatic heterocycles. The minimum Gasteiger partial charge on any atom is -0.375 e. The second-order valence-corrected chi connectivity index (χ2v) is 4.35. The molecule has 0 unspecified atom stereocenters. The van der Waals surface area contributed by atoms with E-state index in [0.717, 1.165) is 0 Å². The number of rotatable bonds is 5. The summed E-state index contributed by atoms with van der Waals surface area (Å²) < 4.78 is 4.72. The van der Waals surface area contributed by atoms with Crippen LogP contribution < -0.4 is 5.32 Å². The maximum Gasteiger partial charge on any atom is 0.246 e. The molecule has 78 valence electrons. The second kappa shape index (κ2) is 5.22. The molecular formula is C10H21NO2. The number of ether oxygens (including phenoxy) is 1. The topological polar surface area (TPSA) is 38.3 Å². The van der Waals surface area contributed by atoms with Gasteiger partial charge in [0, 0.05) is 13.7 Å². The summed E-state index contributed by atoms with van der Waals surface area (Å²) in [5, 5.41) is 2.84. The van der Waals surface area contributed by atoms with Gasteiger partial charge in [0.15, 0.2) is 0 Å². The SMILES string of the molecule is COCC(=O)NCC(C)(C)C(C)C. The van der Waals surface area contributed by atoms with Gasteiger partial charge in [-0.1, -0.05) is 27.7 Å². The Balaban J connectivity index is 3.81. The van der Waals surface area contributed by atoms with E-state index in [9.17, 15) is 4.79 Å². The highest BCUT2D eigenvalue weighted by molar-refractivity contribution is 5.77.